The Morgan fingerprint density at radius 2 is 2.20 bits per heavy atom. The summed E-state index contributed by atoms with van der Waals surface area (Å²) < 4.78 is 14.6. The first kappa shape index (κ1) is 22.3. The number of hydrogen-bond donors (Lipinski definition) is 2. The molecule has 1 heterocycles. The molecular weight excluding hydrogens is 379 g/mol. The number of amides is 1. The molecule has 2 fully saturated rings. The van der Waals surface area contributed by atoms with Gasteiger partial charge in [-0.1, -0.05) is 31.9 Å². The highest BCUT2D eigenvalue weighted by atomic mass is 19.1. The molecule has 0 spiro atoms. The molecule has 1 saturated carbocycles. The number of nitrogens with one attached hydrogen (secondary N) is 2. The highest BCUT2D eigenvalue weighted by Gasteiger charge is 2.36. The minimum atomic E-state index is -0.647. The number of nitrogens with zero attached hydrogens (tertiary/aromatic N) is 2. The molecule has 6 heteroatoms. The van der Waals surface area contributed by atoms with E-state index in [2.05, 4.69) is 29.3 Å². The topological polar surface area (TPSA) is 65.8 Å². The molecule has 1 unspecified atom stereocenters. The molecule has 1 saturated heterocycles. The molecule has 0 bridgehead atoms. The van der Waals surface area contributed by atoms with Gasteiger partial charge in [-0.25, -0.2) is 4.39 Å². The number of carbonyl (C=O) groups excluding carboxylic acids is 1. The van der Waals surface area contributed by atoms with Crippen LogP contribution in [0.15, 0.2) is 39.8 Å². The molecule has 0 radical (unpaired) electrons. The van der Waals surface area contributed by atoms with Gasteiger partial charge in [0.15, 0.2) is 0 Å². The second kappa shape index (κ2) is 9.65. The Balaban J connectivity index is 1.94. The largest absolute Gasteiger partial charge is 0.322 e. The molecule has 1 aliphatic heterocycles. The van der Waals surface area contributed by atoms with Crippen molar-refractivity contribution in [2.24, 2.45) is 21.8 Å². The van der Waals surface area contributed by atoms with Crippen LogP contribution in [0.5, 0.6) is 0 Å². The van der Waals surface area contributed by atoms with Crippen molar-refractivity contribution in [1.29, 1.82) is 0 Å². The lowest BCUT2D eigenvalue weighted by Gasteiger charge is -2.32. The molecule has 2 aliphatic rings. The van der Waals surface area contributed by atoms with E-state index in [0.29, 0.717) is 5.92 Å². The van der Waals surface area contributed by atoms with Crippen LogP contribution in [-0.2, 0) is 10.3 Å². The van der Waals surface area contributed by atoms with Crippen LogP contribution in [0.2, 0.25) is 0 Å². The number of anilines is 1. The summed E-state index contributed by atoms with van der Waals surface area (Å²) in [6.45, 7) is 10.5. The molecule has 1 aliphatic carbocycles. The van der Waals surface area contributed by atoms with Gasteiger partial charge in [-0.15, -0.1) is 0 Å². The van der Waals surface area contributed by atoms with Crippen LogP contribution < -0.4 is 10.6 Å². The van der Waals surface area contributed by atoms with Crippen molar-refractivity contribution in [3.63, 3.8) is 0 Å². The van der Waals surface area contributed by atoms with E-state index in [1.54, 1.807) is 12.1 Å². The van der Waals surface area contributed by atoms with Crippen LogP contribution in [0.3, 0.4) is 0 Å². The molecule has 1 aromatic carbocycles. The van der Waals surface area contributed by atoms with Gasteiger partial charge >= 0.3 is 0 Å². The average molecular weight is 413 g/mol. The van der Waals surface area contributed by atoms with Gasteiger partial charge < -0.3 is 10.6 Å². The van der Waals surface area contributed by atoms with Crippen LogP contribution in [0.4, 0.5) is 10.1 Å². The van der Waals surface area contributed by atoms with E-state index in [9.17, 15) is 9.18 Å². The van der Waals surface area contributed by atoms with Crippen molar-refractivity contribution >= 4 is 24.7 Å². The molecule has 3 atom stereocenters. The summed E-state index contributed by atoms with van der Waals surface area (Å²) in [5.41, 5.74) is 1.47. The lowest BCUT2D eigenvalue weighted by atomic mass is 9.79. The van der Waals surface area contributed by atoms with Gasteiger partial charge in [0.2, 0.25) is 5.91 Å². The van der Waals surface area contributed by atoms with Crippen LogP contribution in [-0.4, -0.2) is 31.5 Å². The highest BCUT2D eigenvalue weighted by molar-refractivity contribution is 5.95. The summed E-state index contributed by atoms with van der Waals surface area (Å²) >= 11 is 0. The van der Waals surface area contributed by atoms with Crippen LogP contribution in [0.1, 0.15) is 58.4 Å². The minimum Gasteiger partial charge on any atom is -0.322 e. The zero-order valence-corrected chi connectivity index (χ0v) is 18.2. The summed E-state index contributed by atoms with van der Waals surface area (Å²) in [4.78, 5) is 21.3. The predicted octanol–water partition coefficient (Wildman–Crippen LogP) is 4.84. The first-order chi connectivity index (χ1) is 14.4. The van der Waals surface area contributed by atoms with Gasteiger partial charge in [0, 0.05) is 0 Å². The zero-order chi connectivity index (χ0) is 21.7. The van der Waals surface area contributed by atoms with Gasteiger partial charge in [0.1, 0.15) is 17.7 Å². The van der Waals surface area contributed by atoms with E-state index in [1.165, 1.54) is 25.2 Å². The third-order valence-electron chi connectivity index (χ3n) is 6.43. The number of carbonyl (C=O) groups is 1. The Hall–Kier alpha value is -2.34. The van der Waals surface area contributed by atoms with Crippen molar-refractivity contribution in [3.05, 3.63) is 41.2 Å². The van der Waals surface area contributed by atoms with Crippen molar-refractivity contribution in [1.82, 2.24) is 5.32 Å². The fourth-order valence-electron chi connectivity index (χ4n) is 4.22. The summed E-state index contributed by atoms with van der Waals surface area (Å²) in [5.74, 6) is 0.525. The van der Waals surface area contributed by atoms with E-state index < -0.39 is 11.4 Å². The van der Waals surface area contributed by atoms with E-state index in [4.69, 9.17) is 4.99 Å². The molecule has 3 rings (SSSR count). The molecule has 1 amide bonds. The number of hydrogen-bond acceptors (Lipinski definition) is 3. The average Bonchev–Trinajstić information content (AvgIpc) is 3.47. The first-order valence-corrected chi connectivity index (χ1v) is 10.9. The summed E-state index contributed by atoms with van der Waals surface area (Å²) in [6, 6.07) is 4.62. The van der Waals surface area contributed by atoms with Crippen LogP contribution >= 0.6 is 0 Å². The van der Waals surface area contributed by atoms with Gasteiger partial charge in [0.25, 0.3) is 0 Å². The zero-order valence-electron chi connectivity index (χ0n) is 18.2. The number of halogens is 1. The Labute approximate surface area is 179 Å². The number of benzene rings is 1. The number of allylic oxidation sites excluding steroid dienone is 1. The van der Waals surface area contributed by atoms with Crippen LogP contribution in [0.25, 0.3) is 0 Å². The normalized spacial score (nSPS) is 24.1. The molecule has 162 valence electrons. The van der Waals surface area contributed by atoms with Crippen molar-refractivity contribution in [2.45, 2.75) is 64.5 Å². The predicted molar refractivity (Wildman–Crippen MR) is 122 cm³/mol. The molecular formula is C24H33FN4O. The monoisotopic (exact) mass is 412 g/mol. The summed E-state index contributed by atoms with van der Waals surface area (Å²) in [6.07, 6.45) is 8.64. The molecule has 2 N–H and O–H groups in total. The smallest absolute Gasteiger partial charge is 0.241 e. The fraction of sp³-hybridized carbons (Fsp3) is 0.542. The number of aliphatic imine (C=N–C) groups is 2. The maximum Gasteiger partial charge on any atom is 0.241 e. The fourth-order valence-corrected chi connectivity index (χ4v) is 4.22. The number of rotatable bonds is 9. The molecule has 5 nitrogen and oxygen atoms in total. The Kier molecular flexibility index (Phi) is 7.19. The van der Waals surface area contributed by atoms with Crippen LogP contribution in [0, 0.1) is 17.7 Å². The molecule has 1 aromatic rings. The maximum absolute atomic E-state index is 14.6. The Morgan fingerprint density at radius 3 is 2.80 bits per heavy atom. The lowest BCUT2D eigenvalue weighted by molar-refractivity contribution is -0.117. The van der Waals surface area contributed by atoms with E-state index in [1.807, 2.05) is 19.9 Å². The highest BCUT2D eigenvalue weighted by Crippen LogP contribution is 2.44. The SMILES string of the molecule is C=N/C=N\C(CCC1CC1)(/C(C)=C/C)c1ccc(F)c(NC(=O)[C@H]2C[C@@H](C)CN2)c1. The molecule has 0 aromatic heterocycles. The van der Waals surface area contributed by atoms with Crippen molar-refractivity contribution in [3.8, 4) is 0 Å². The lowest BCUT2D eigenvalue weighted by Crippen LogP contribution is -2.36. The van der Waals surface area contributed by atoms with Gasteiger partial charge in [0.05, 0.1) is 11.7 Å². The minimum absolute atomic E-state index is 0.195. The Morgan fingerprint density at radius 1 is 1.43 bits per heavy atom. The van der Waals surface area contributed by atoms with Gasteiger partial charge in [-0.3, -0.25) is 14.8 Å². The Bertz CT molecular complexity index is 846. The maximum atomic E-state index is 14.6. The van der Waals surface area contributed by atoms with E-state index in [-0.39, 0.29) is 17.6 Å². The quantitative estimate of drug-likeness (QED) is 0.346. The van der Waals surface area contributed by atoms with Crippen molar-refractivity contribution < 1.29 is 9.18 Å². The molecule has 30 heavy (non-hydrogen) atoms. The van der Waals surface area contributed by atoms with Gasteiger partial charge in [-0.05, 0) is 81.5 Å². The third kappa shape index (κ3) is 5.04. The van der Waals surface area contributed by atoms with Crippen molar-refractivity contribution in [2.75, 3.05) is 11.9 Å². The summed E-state index contributed by atoms with van der Waals surface area (Å²) in [7, 11) is 0. The second-order valence-electron chi connectivity index (χ2n) is 8.73. The third-order valence-corrected chi connectivity index (χ3v) is 6.43. The van der Waals surface area contributed by atoms with E-state index in [0.717, 1.165) is 42.9 Å². The summed E-state index contributed by atoms with van der Waals surface area (Å²) in [5, 5.41) is 5.99. The standard InChI is InChI=1S/C24H33FN4O/c1-5-17(3)24(28-15-26-4,11-10-18-6-7-18)19-8-9-20(25)21(13-19)29-23(30)22-12-16(2)14-27-22/h5,8-9,13,15-16,18,22,27H,4,6-7,10-12,14H2,1-3H3,(H,29,30)/b17-5+,28-15-/t16-,22-,24?/m1/s1. The first-order valence-electron chi connectivity index (χ1n) is 10.9. The second-order valence-corrected chi connectivity index (χ2v) is 8.73. The van der Waals surface area contributed by atoms with Gasteiger partial charge in [-0.2, -0.15) is 0 Å². The van der Waals surface area contributed by atoms with E-state index >= 15 is 0 Å².